The van der Waals surface area contributed by atoms with Crippen LogP contribution in [0.15, 0.2) is 23.1 Å². The number of aliphatic carboxylic acids is 1. The molecule has 26 heavy (non-hydrogen) atoms. The van der Waals surface area contributed by atoms with E-state index in [1.807, 2.05) is 0 Å². The highest BCUT2D eigenvalue weighted by Crippen LogP contribution is 2.43. The van der Waals surface area contributed by atoms with Gasteiger partial charge in [-0.2, -0.15) is 4.31 Å². The third-order valence-corrected chi connectivity index (χ3v) is 7.83. The van der Waals surface area contributed by atoms with Crippen molar-refractivity contribution in [2.75, 3.05) is 6.54 Å². The summed E-state index contributed by atoms with van der Waals surface area (Å²) in [5.41, 5.74) is 1.18. The minimum Gasteiger partial charge on any atom is -0.480 e. The Kier molecular flexibility index (Phi) is 4.27. The Labute approximate surface area is 152 Å². The number of fused-ring (bicyclic) bond motifs is 2. The molecule has 3 aliphatic rings. The number of sulfonamides is 1. The molecule has 1 aliphatic carbocycles. The van der Waals surface area contributed by atoms with Crippen molar-refractivity contribution < 1.29 is 23.1 Å². The number of carboxylic acid groups (broad SMARTS) is 1. The third-order valence-electron chi connectivity index (χ3n) is 5.90. The lowest BCUT2D eigenvalue weighted by atomic mass is 9.85. The van der Waals surface area contributed by atoms with E-state index in [9.17, 15) is 23.1 Å². The first-order valence-electron chi connectivity index (χ1n) is 9.07. The summed E-state index contributed by atoms with van der Waals surface area (Å²) in [4.78, 5) is 23.8. The van der Waals surface area contributed by atoms with Crippen molar-refractivity contribution in [2.24, 2.45) is 5.92 Å². The summed E-state index contributed by atoms with van der Waals surface area (Å²) in [6.45, 7) is 0.537. The van der Waals surface area contributed by atoms with E-state index in [0.717, 1.165) is 24.8 Å². The standard InChI is InChI=1S/C18H22N2O5S/c21-17-14-10-13(6-5-11(14)7-8-19-17)26(24,25)20-15-4-2-1-3-12(15)9-16(20)18(22)23/h5-6,10,12,15-16H,1-4,7-9H2,(H,19,21)(H,22,23). The van der Waals surface area contributed by atoms with Crippen molar-refractivity contribution in [3.63, 3.8) is 0 Å². The molecule has 1 aromatic carbocycles. The first-order chi connectivity index (χ1) is 12.4. The second-order valence-electron chi connectivity index (χ2n) is 7.36. The second kappa shape index (κ2) is 6.35. The van der Waals surface area contributed by atoms with Crippen LogP contribution in [0, 0.1) is 5.92 Å². The summed E-state index contributed by atoms with van der Waals surface area (Å²) < 4.78 is 27.9. The second-order valence-corrected chi connectivity index (χ2v) is 9.20. The number of rotatable bonds is 3. The predicted octanol–water partition coefficient (Wildman–Crippen LogP) is 1.38. The van der Waals surface area contributed by atoms with Crippen LogP contribution < -0.4 is 5.32 Å². The van der Waals surface area contributed by atoms with Gasteiger partial charge in [0.15, 0.2) is 0 Å². The molecule has 1 saturated heterocycles. The summed E-state index contributed by atoms with van der Waals surface area (Å²) in [6.07, 6.45) is 4.51. The lowest BCUT2D eigenvalue weighted by Gasteiger charge is -2.32. The Morgan fingerprint density at radius 1 is 1.23 bits per heavy atom. The molecule has 0 spiro atoms. The zero-order valence-electron chi connectivity index (χ0n) is 14.3. The fourth-order valence-corrected chi connectivity index (χ4v) is 6.54. The normalized spacial score (nSPS) is 28.9. The zero-order chi connectivity index (χ0) is 18.5. The van der Waals surface area contributed by atoms with Gasteiger partial charge in [-0.3, -0.25) is 9.59 Å². The maximum Gasteiger partial charge on any atom is 0.322 e. The van der Waals surface area contributed by atoms with Crippen LogP contribution in [0.2, 0.25) is 0 Å². The highest BCUT2D eigenvalue weighted by atomic mass is 32.2. The minimum absolute atomic E-state index is 0.00535. The Balaban J connectivity index is 1.76. The lowest BCUT2D eigenvalue weighted by Crippen LogP contribution is -2.46. The monoisotopic (exact) mass is 378 g/mol. The SMILES string of the molecule is O=C1NCCc2ccc(S(=O)(=O)N3C(C(=O)O)CC4CCCCC43)cc21. The molecule has 140 valence electrons. The number of benzene rings is 1. The minimum atomic E-state index is -3.99. The fourth-order valence-electron chi connectivity index (χ4n) is 4.65. The highest BCUT2D eigenvalue weighted by molar-refractivity contribution is 7.89. The topological polar surface area (TPSA) is 104 Å². The average Bonchev–Trinajstić information content (AvgIpc) is 3.02. The number of hydrogen-bond acceptors (Lipinski definition) is 4. The molecule has 1 amide bonds. The molecule has 2 N–H and O–H groups in total. The molecule has 8 heteroatoms. The average molecular weight is 378 g/mol. The maximum absolute atomic E-state index is 13.3. The van der Waals surface area contributed by atoms with E-state index in [-0.39, 0.29) is 22.8 Å². The van der Waals surface area contributed by atoms with Crippen LogP contribution in [-0.4, -0.2) is 48.3 Å². The summed E-state index contributed by atoms with van der Waals surface area (Å²) in [5, 5.41) is 12.3. The van der Waals surface area contributed by atoms with Gasteiger partial charge in [0.2, 0.25) is 10.0 Å². The van der Waals surface area contributed by atoms with Gasteiger partial charge < -0.3 is 10.4 Å². The summed E-state index contributed by atoms with van der Waals surface area (Å²) in [7, 11) is -3.99. The zero-order valence-corrected chi connectivity index (χ0v) is 15.2. The molecular weight excluding hydrogens is 356 g/mol. The molecule has 7 nitrogen and oxygen atoms in total. The lowest BCUT2D eigenvalue weighted by molar-refractivity contribution is -0.141. The summed E-state index contributed by atoms with van der Waals surface area (Å²) in [5.74, 6) is -1.28. The number of amides is 1. The first kappa shape index (κ1) is 17.5. The van der Waals surface area contributed by atoms with Crippen LogP contribution in [0.5, 0.6) is 0 Å². The molecule has 0 bridgehead atoms. The Morgan fingerprint density at radius 3 is 2.77 bits per heavy atom. The number of carboxylic acids is 1. The van der Waals surface area contributed by atoms with Crippen molar-refractivity contribution in [1.29, 1.82) is 0 Å². The van der Waals surface area contributed by atoms with Crippen molar-refractivity contribution in [1.82, 2.24) is 9.62 Å². The number of carbonyl (C=O) groups excluding carboxylic acids is 1. The molecule has 2 aliphatic heterocycles. The van der Waals surface area contributed by atoms with Gasteiger partial charge in [-0.25, -0.2) is 8.42 Å². The van der Waals surface area contributed by atoms with Gasteiger partial charge in [-0.1, -0.05) is 18.9 Å². The largest absolute Gasteiger partial charge is 0.480 e. The fraction of sp³-hybridized carbons (Fsp3) is 0.556. The van der Waals surface area contributed by atoms with Gasteiger partial charge in [-0.15, -0.1) is 0 Å². The van der Waals surface area contributed by atoms with Gasteiger partial charge in [0, 0.05) is 18.2 Å². The van der Waals surface area contributed by atoms with Gasteiger partial charge in [-0.05, 0) is 49.3 Å². The maximum atomic E-state index is 13.3. The molecule has 0 radical (unpaired) electrons. The summed E-state index contributed by atoms with van der Waals surface area (Å²) >= 11 is 0. The molecule has 1 aromatic rings. The van der Waals surface area contributed by atoms with Gasteiger partial charge >= 0.3 is 5.97 Å². The number of nitrogens with zero attached hydrogens (tertiary/aromatic N) is 1. The van der Waals surface area contributed by atoms with Crippen molar-refractivity contribution in [3.05, 3.63) is 29.3 Å². The first-order valence-corrected chi connectivity index (χ1v) is 10.5. The van der Waals surface area contributed by atoms with E-state index in [4.69, 9.17) is 0 Å². The molecule has 1 saturated carbocycles. The van der Waals surface area contributed by atoms with Gasteiger partial charge in [0.1, 0.15) is 6.04 Å². The van der Waals surface area contributed by atoms with E-state index in [2.05, 4.69) is 5.32 Å². The van der Waals surface area contributed by atoms with Crippen LogP contribution >= 0.6 is 0 Å². The van der Waals surface area contributed by atoms with E-state index >= 15 is 0 Å². The smallest absolute Gasteiger partial charge is 0.322 e. The van der Waals surface area contributed by atoms with Crippen molar-refractivity contribution >= 4 is 21.9 Å². The number of nitrogens with one attached hydrogen (secondary N) is 1. The van der Waals surface area contributed by atoms with Crippen LogP contribution in [-0.2, 0) is 21.2 Å². The van der Waals surface area contributed by atoms with E-state index in [0.29, 0.717) is 31.4 Å². The van der Waals surface area contributed by atoms with Gasteiger partial charge in [0.25, 0.3) is 5.91 Å². The molecule has 3 atom stereocenters. The molecule has 3 unspecified atom stereocenters. The van der Waals surface area contributed by atoms with E-state index < -0.39 is 22.0 Å². The Bertz CT molecular complexity index is 866. The highest BCUT2D eigenvalue weighted by Gasteiger charge is 2.51. The predicted molar refractivity (Wildman–Crippen MR) is 93.3 cm³/mol. The quantitative estimate of drug-likeness (QED) is 0.827. The van der Waals surface area contributed by atoms with Crippen molar-refractivity contribution in [2.45, 2.75) is 55.5 Å². The van der Waals surface area contributed by atoms with Gasteiger partial charge in [0.05, 0.1) is 4.90 Å². The molecule has 0 aromatic heterocycles. The van der Waals surface area contributed by atoms with Crippen LogP contribution in [0.1, 0.15) is 48.0 Å². The molecule has 4 rings (SSSR count). The summed E-state index contributed by atoms with van der Waals surface area (Å²) in [6, 6.07) is 3.28. The Hall–Kier alpha value is -1.93. The number of carbonyl (C=O) groups is 2. The Morgan fingerprint density at radius 2 is 2.00 bits per heavy atom. The molecule has 2 heterocycles. The number of hydrogen-bond donors (Lipinski definition) is 2. The van der Waals surface area contributed by atoms with Crippen LogP contribution in [0.4, 0.5) is 0 Å². The van der Waals surface area contributed by atoms with E-state index in [1.165, 1.54) is 16.4 Å². The van der Waals surface area contributed by atoms with E-state index in [1.54, 1.807) is 6.07 Å². The molecular formula is C18H22N2O5S. The third kappa shape index (κ3) is 2.72. The van der Waals surface area contributed by atoms with Crippen LogP contribution in [0.3, 0.4) is 0 Å². The van der Waals surface area contributed by atoms with Crippen molar-refractivity contribution in [3.8, 4) is 0 Å². The molecule has 2 fully saturated rings. The van der Waals surface area contributed by atoms with Crippen LogP contribution in [0.25, 0.3) is 0 Å².